The largest absolute Gasteiger partial charge is 0.459 e. The van der Waals surface area contributed by atoms with Gasteiger partial charge in [0.25, 0.3) is 11.8 Å². The first-order chi connectivity index (χ1) is 13.1. The lowest BCUT2D eigenvalue weighted by atomic mass is 9.93. The lowest BCUT2D eigenvalue weighted by molar-refractivity contribution is 0.0688. The van der Waals surface area contributed by atoms with Crippen molar-refractivity contribution in [2.45, 2.75) is 19.3 Å². The second kappa shape index (κ2) is 10.3. The highest BCUT2D eigenvalue weighted by Crippen LogP contribution is 2.26. The number of carbonyl (C=O) groups excluding carboxylic acids is 2. The Morgan fingerprint density at radius 1 is 1.18 bits per heavy atom. The summed E-state index contributed by atoms with van der Waals surface area (Å²) in [4.78, 5) is 29.1. The van der Waals surface area contributed by atoms with Crippen LogP contribution in [0.5, 0.6) is 0 Å². The fourth-order valence-electron chi connectivity index (χ4n) is 3.57. The van der Waals surface area contributed by atoms with Gasteiger partial charge in [-0.2, -0.15) is 0 Å². The van der Waals surface area contributed by atoms with Crippen molar-refractivity contribution >= 4 is 29.9 Å². The summed E-state index contributed by atoms with van der Waals surface area (Å²) in [6.45, 7) is 2.54. The predicted octanol–water partition coefficient (Wildman–Crippen LogP) is 3.44. The van der Waals surface area contributed by atoms with Crippen molar-refractivity contribution in [2.24, 2.45) is 5.92 Å². The maximum atomic E-state index is 13.1. The quantitative estimate of drug-likeness (QED) is 0.799. The Labute approximate surface area is 172 Å². The summed E-state index contributed by atoms with van der Waals surface area (Å²) in [5.41, 5.74) is 1.15. The summed E-state index contributed by atoms with van der Waals surface area (Å²) in [5, 5.41) is 3.19. The molecule has 0 spiro atoms. The molecule has 2 aromatic rings. The van der Waals surface area contributed by atoms with Crippen LogP contribution in [0, 0.1) is 5.92 Å². The van der Waals surface area contributed by atoms with E-state index in [9.17, 15) is 9.59 Å². The Morgan fingerprint density at radius 3 is 2.54 bits per heavy atom. The van der Waals surface area contributed by atoms with Gasteiger partial charge in [0, 0.05) is 20.1 Å². The standard InChI is InChI=1S/C21H27N3O3.ClH/c1-22-12-9-16-10-13-24(14-11-16)20(25)17-6-3-4-7-18(17)23(2)21(26)19-8-5-15-27-19;/h3-8,15-16,22H,9-14H2,1-2H3;1H. The molecular weight excluding hydrogens is 378 g/mol. The summed E-state index contributed by atoms with van der Waals surface area (Å²) in [7, 11) is 3.64. The van der Waals surface area contributed by atoms with E-state index in [-0.39, 0.29) is 30.0 Å². The van der Waals surface area contributed by atoms with Crippen LogP contribution in [0.3, 0.4) is 0 Å². The van der Waals surface area contributed by atoms with Crippen LogP contribution in [0.1, 0.15) is 40.2 Å². The minimum absolute atomic E-state index is 0. The molecule has 0 bridgehead atoms. The number of anilines is 1. The van der Waals surface area contributed by atoms with E-state index in [1.54, 1.807) is 31.3 Å². The van der Waals surface area contributed by atoms with Crippen molar-refractivity contribution < 1.29 is 14.0 Å². The Balaban J connectivity index is 0.00000280. The molecule has 1 aromatic carbocycles. The summed E-state index contributed by atoms with van der Waals surface area (Å²) in [6, 6.07) is 10.6. The van der Waals surface area contributed by atoms with Crippen LogP contribution in [0.25, 0.3) is 0 Å². The van der Waals surface area contributed by atoms with Crippen molar-refractivity contribution in [1.29, 1.82) is 0 Å². The number of nitrogens with zero attached hydrogens (tertiary/aromatic N) is 2. The number of hydrogen-bond acceptors (Lipinski definition) is 4. The van der Waals surface area contributed by atoms with Gasteiger partial charge in [-0.05, 0) is 63.0 Å². The molecule has 3 rings (SSSR count). The van der Waals surface area contributed by atoms with Gasteiger partial charge < -0.3 is 19.5 Å². The van der Waals surface area contributed by atoms with E-state index in [4.69, 9.17) is 4.42 Å². The number of piperidine rings is 1. The monoisotopic (exact) mass is 405 g/mol. The summed E-state index contributed by atoms with van der Waals surface area (Å²) < 4.78 is 5.21. The van der Waals surface area contributed by atoms with Crippen LogP contribution in [-0.2, 0) is 0 Å². The lowest BCUT2D eigenvalue weighted by Gasteiger charge is -2.33. The van der Waals surface area contributed by atoms with Crippen LogP contribution in [0.15, 0.2) is 47.1 Å². The normalized spacial score (nSPS) is 14.4. The highest BCUT2D eigenvalue weighted by molar-refractivity contribution is 6.09. The van der Waals surface area contributed by atoms with E-state index in [0.717, 1.165) is 38.9 Å². The molecule has 2 heterocycles. The number of likely N-dealkylation sites (tertiary alicyclic amines) is 1. The Hall–Kier alpha value is -2.31. The van der Waals surface area contributed by atoms with Crippen molar-refractivity contribution in [3.8, 4) is 0 Å². The average Bonchev–Trinajstić information content (AvgIpc) is 3.26. The Morgan fingerprint density at radius 2 is 1.89 bits per heavy atom. The van der Waals surface area contributed by atoms with Crippen LogP contribution < -0.4 is 10.2 Å². The topological polar surface area (TPSA) is 65.8 Å². The highest BCUT2D eigenvalue weighted by atomic mass is 35.5. The van der Waals surface area contributed by atoms with Crippen LogP contribution in [-0.4, -0.2) is 50.4 Å². The van der Waals surface area contributed by atoms with Crippen LogP contribution >= 0.6 is 12.4 Å². The van der Waals surface area contributed by atoms with Gasteiger partial charge in [0.05, 0.1) is 17.5 Å². The predicted molar refractivity (Wildman–Crippen MR) is 112 cm³/mol. The van der Waals surface area contributed by atoms with Crippen molar-refractivity contribution in [3.63, 3.8) is 0 Å². The summed E-state index contributed by atoms with van der Waals surface area (Å²) in [5.74, 6) is 0.632. The second-order valence-electron chi connectivity index (χ2n) is 6.99. The molecule has 2 amide bonds. The molecule has 7 heteroatoms. The van der Waals surface area contributed by atoms with E-state index in [0.29, 0.717) is 17.2 Å². The van der Waals surface area contributed by atoms with Crippen molar-refractivity contribution in [2.75, 3.05) is 38.6 Å². The van der Waals surface area contributed by atoms with Gasteiger partial charge in [-0.3, -0.25) is 9.59 Å². The summed E-state index contributed by atoms with van der Waals surface area (Å²) in [6.07, 6.45) is 4.67. The fraction of sp³-hybridized carbons (Fsp3) is 0.429. The van der Waals surface area contributed by atoms with Gasteiger partial charge in [0.2, 0.25) is 0 Å². The number of carbonyl (C=O) groups is 2. The first-order valence-corrected chi connectivity index (χ1v) is 9.46. The number of para-hydroxylation sites is 1. The Kier molecular flexibility index (Phi) is 8.08. The number of benzene rings is 1. The molecule has 152 valence electrons. The zero-order valence-electron chi connectivity index (χ0n) is 16.4. The number of rotatable bonds is 6. The molecule has 0 saturated carbocycles. The Bertz CT molecular complexity index is 771. The number of nitrogens with one attached hydrogen (secondary N) is 1. The first kappa shape index (κ1) is 22.0. The third kappa shape index (κ3) is 4.94. The lowest BCUT2D eigenvalue weighted by Crippen LogP contribution is -2.40. The number of furan rings is 1. The van der Waals surface area contributed by atoms with Crippen LogP contribution in [0.2, 0.25) is 0 Å². The molecule has 0 aliphatic carbocycles. The molecule has 1 fully saturated rings. The van der Waals surface area contributed by atoms with E-state index in [1.165, 1.54) is 11.2 Å². The van der Waals surface area contributed by atoms with E-state index in [2.05, 4.69) is 5.32 Å². The molecule has 1 N–H and O–H groups in total. The zero-order chi connectivity index (χ0) is 19.2. The molecule has 0 unspecified atom stereocenters. The first-order valence-electron chi connectivity index (χ1n) is 9.46. The molecule has 0 radical (unpaired) electrons. The molecule has 1 aliphatic heterocycles. The van der Waals surface area contributed by atoms with E-state index >= 15 is 0 Å². The van der Waals surface area contributed by atoms with Crippen molar-refractivity contribution in [3.05, 3.63) is 54.0 Å². The van der Waals surface area contributed by atoms with Gasteiger partial charge >= 0.3 is 0 Å². The number of hydrogen-bond donors (Lipinski definition) is 1. The fourth-order valence-corrected chi connectivity index (χ4v) is 3.57. The molecule has 28 heavy (non-hydrogen) atoms. The summed E-state index contributed by atoms with van der Waals surface area (Å²) >= 11 is 0. The molecule has 1 saturated heterocycles. The van der Waals surface area contributed by atoms with Gasteiger partial charge in [-0.15, -0.1) is 12.4 Å². The minimum Gasteiger partial charge on any atom is -0.459 e. The number of halogens is 1. The average molecular weight is 406 g/mol. The van der Waals surface area contributed by atoms with E-state index in [1.807, 2.05) is 24.1 Å². The minimum atomic E-state index is -0.272. The third-order valence-electron chi connectivity index (χ3n) is 5.24. The molecule has 1 aromatic heterocycles. The molecule has 6 nitrogen and oxygen atoms in total. The van der Waals surface area contributed by atoms with Crippen LogP contribution in [0.4, 0.5) is 5.69 Å². The second-order valence-corrected chi connectivity index (χ2v) is 6.99. The van der Waals surface area contributed by atoms with E-state index < -0.39 is 0 Å². The SMILES string of the molecule is CNCCC1CCN(C(=O)c2ccccc2N(C)C(=O)c2ccco2)CC1.Cl. The van der Waals surface area contributed by atoms with Gasteiger partial charge in [-0.25, -0.2) is 0 Å². The van der Waals surface area contributed by atoms with Gasteiger partial charge in [0.1, 0.15) is 0 Å². The number of amides is 2. The zero-order valence-corrected chi connectivity index (χ0v) is 17.2. The molecular formula is C21H28ClN3O3. The molecule has 0 atom stereocenters. The van der Waals surface area contributed by atoms with Gasteiger partial charge in [-0.1, -0.05) is 12.1 Å². The highest BCUT2D eigenvalue weighted by Gasteiger charge is 2.27. The maximum Gasteiger partial charge on any atom is 0.293 e. The smallest absolute Gasteiger partial charge is 0.293 e. The maximum absolute atomic E-state index is 13.1. The van der Waals surface area contributed by atoms with Gasteiger partial charge in [0.15, 0.2) is 5.76 Å². The third-order valence-corrected chi connectivity index (χ3v) is 5.24. The van der Waals surface area contributed by atoms with Crippen molar-refractivity contribution in [1.82, 2.24) is 10.2 Å². The molecule has 1 aliphatic rings.